The van der Waals surface area contributed by atoms with Gasteiger partial charge in [-0.2, -0.15) is 0 Å². The molecule has 18 heavy (non-hydrogen) atoms. The summed E-state index contributed by atoms with van der Waals surface area (Å²) in [4.78, 5) is 16.5. The van der Waals surface area contributed by atoms with Crippen LogP contribution in [-0.4, -0.2) is 67.7 Å². The van der Waals surface area contributed by atoms with E-state index in [2.05, 4.69) is 41.3 Å². The first-order valence-corrected chi connectivity index (χ1v) is 7.02. The molecule has 1 aliphatic heterocycles. The van der Waals surface area contributed by atoms with Crippen LogP contribution in [0.2, 0.25) is 0 Å². The summed E-state index contributed by atoms with van der Waals surface area (Å²) in [6.07, 6.45) is 1.13. The fraction of sp³-hybridized carbons (Fsp3) is 0.923. The molecule has 1 saturated heterocycles. The van der Waals surface area contributed by atoms with Gasteiger partial charge in [-0.1, -0.05) is 6.92 Å². The highest BCUT2D eigenvalue weighted by atomic mass is 16.2. The third-order valence-electron chi connectivity index (χ3n) is 3.93. The lowest BCUT2D eigenvalue weighted by atomic mass is 10.2. The lowest BCUT2D eigenvalue weighted by Crippen LogP contribution is -2.51. The molecule has 0 aromatic carbocycles. The van der Waals surface area contributed by atoms with Crippen molar-refractivity contribution in [1.82, 2.24) is 20.4 Å². The van der Waals surface area contributed by atoms with Crippen LogP contribution in [0.15, 0.2) is 0 Å². The summed E-state index contributed by atoms with van der Waals surface area (Å²) in [5.74, 6) is 0.656. The van der Waals surface area contributed by atoms with Gasteiger partial charge in [0.05, 0.1) is 0 Å². The molecule has 0 bridgehead atoms. The van der Waals surface area contributed by atoms with Gasteiger partial charge in [0.15, 0.2) is 0 Å². The maximum Gasteiger partial charge on any atom is 0.315 e. The minimum Gasteiger partial charge on any atom is -0.335 e. The molecule has 3 atom stereocenters. The molecule has 1 heterocycles. The number of carbonyl (C=O) groups excluding carboxylic acids is 1. The zero-order chi connectivity index (χ0) is 13.1. The maximum atomic E-state index is 11.7. The number of piperazine rings is 1. The van der Waals surface area contributed by atoms with E-state index in [4.69, 9.17) is 0 Å². The van der Waals surface area contributed by atoms with Crippen LogP contribution in [0.3, 0.4) is 0 Å². The van der Waals surface area contributed by atoms with Crippen LogP contribution in [-0.2, 0) is 0 Å². The predicted molar refractivity (Wildman–Crippen MR) is 72.6 cm³/mol. The molecule has 2 rings (SSSR count). The molecule has 2 aliphatic rings. The molecule has 1 saturated carbocycles. The number of hydrogen-bond acceptors (Lipinski definition) is 3. The van der Waals surface area contributed by atoms with Crippen LogP contribution < -0.4 is 10.6 Å². The van der Waals surface area contributed by atoms with Crippen molar-refractivity contribution in [3.8, 4) is 0 Å². The minimum absolute atomic E-state index is 0.00835. The van der Waals surface area contributed by atoms with Gasteiger partial charge >= 0.3 is 6.03 Å². The molecule has 0 aromatic heterocycles. The van der Waals surface area contributed by atoms with Crippen molar-refractivity contribution in [3.63, 3.8) is 0 Å². The third-order valence-corrected chi connectivity index (χ3v) is 3.93. The Balaban J connectivity index is 1.62. The van der Waals surface area contributed by atoms with Crippen LogP contribution in [0.4, 0.5) is 4.79 Å². The Bertz CT molecular complexity index is 289. The number of nitrogens with one attached hydrogen (secondary N) is 2. The summed E-state index contributed by atoms with van der Waals surface area (Å²) >= 11 is 0. The molecule has 0 radical (unpaired) electrons. The van der Waals surface area contributed by atoms with E-state index in [-0.39, 0.29) is 12.1 Å². The van der Waals surface area contributed by atoms with Gasteiger partial charge in [-0.05, 0) is 26.3 Å². The first-order valence-electron chi connectivity index (χ1n) is 7.02. The molecule has 5 heteroatoms. The second kappa shape index (κ2) is 5.89. The summed E-state index contributed by atoms with van der Waals surface area (Å²) < 4.78 is 0. The number of nitrogens with zero attached hydrogens (tertiary/aromatic N) is 2. The standard InChI is InChI=1S/C13H26N4O/c1-10-8-12(10)15-13(18)14-11(2)9-17-6-4-16(3)5-7-17/h10-12H,4-9H2,1-3H3,(H2,14,15,18)/t10-,11-,12-/m1/s1. The SMILES string of the molecule is C[C@H](CN1CCN(C)CC1)NC(=O)N[C@@H]1C[C@H]1C. The van der Waals surface area contributed by atoms with E-state index >= 15 is 0 Å². The van der Waals surface area contributed by atoms with Crippen LogP contribution in [0, 0.1) is 5.92 Å². The first kappa shape index (κ1) is 13.6. The molecule has 5 nitrogen and oxygen atoms in total. The Kier molecular flexibility index (Phi) is 4.45. The maximum absolute atomic E-state index is 11.7. The molecule has 2 amide bonds. The molecule has 0 spiro atoms. The van der Waals surface area contributed by atoms with Gasteiger partial charge in [0.25, 0.3) is 0 Å². The van der Waals surface area contributed by atoms with Crippen molar-refractivity contribution >= 4 is 6.03 Å². The fourth-order valence-electron chi connectivity index (χ4n) is 2.42. The van der Waals surface area contributed by atoms with Crippen molar-refractivity contribution in [2.45, 2.75) is 32.4 Å². The van der Waals surface area contributed by atoms with Gasteiger partial charge in [0.1, 0.15) is 0 Å². The zero-order valence-electron chi connectivity index (χ0n) is 11.8. The number of rotatable bonds is 4. The largest absolute Gasteiger partial charge is 0.335 e. The van der Waals surface area contributed by atoms with Gasteiger partial charge in [0.2, 0.25) is 0 Å². The summed E-state index contributed by atoms with van der Waals surface area (Å²) in [7, 11) is 2.16. The van der Waals surface area contributed by atoms with Gasteiger partial charge in [-0.15, -0.1) is 0 Å². The molecule has 2 fully saturated rings. The van der Waals surface area contributed by atoms with Crippen molar-refractivity contribution in [2.24, 2.45) is 5.92 Å². The van der Waals surface area contributed by atoms with Crippen LogP contribution in [0.5, 0.6) is 0 Å². The lowest BCUT2D eigenvalue weighted by molar-refractivity contribution is 0.144. The van der Waals surface area contributed by atoms with Crippen LogP contribution in [0.1, 0.15) is 20.3 Å². The highest BCUT2D eigenvalue weighted by Crippen LogP contribution is 2.28. The number of hydrogen-bond donors (Lipinski definition) is 2. The van der Waals surface area contributed by atoms with E-state index in [1.807, 2.05) is 0 Å². The van der Waals surface area contributed by atoms with Crippen molar-refractivity contribution in [1.29, 1.82) is 0 Å². The molecule has 0 aromatic rings. The van der Waals surface area contributed by atoms with Crippen LogP contribution in [0.25, 0.3) is 0 Å². The number of carbonyl (C=O) groups is 1. The molecule has 1 aliphatic carbocycles. The van der Waals surface area contributed by atoms with E-state index in [1.54, 1.807) is 0 Å². The average molecular weight is 254 g/mol. The van der Waals surface area contributed by atoms with E-state index < -0.39 is 0 Å². The van der Waals surface area contributed by atoms with E-state index in [1.165, 1.54) is 0 Å². The summed E-state index contributed by atoms with van der Waals surface area (Å²) in [5, 5.41) is 6.03. The summed E-state index contributed by atoms with van der Waals surface area (Å²) in [5.41, 5.74) is 0. The second-order valence-corrected chi connectivity index (χ2v) is 5.94. The Labute approximate surface area is 110 Å². The Morgan fingerprint density at radius 1 is 1.33 bits per heavy atom. The Hall–Kier alpha value is -0.810. The number of likely N-dealkylation sites (N-methyl/N-ethyl adjacent to an activating group) is 1. The molecule has 2 N–H and O–H groups in total. The fourth-order valence-corrected chi connectivity index (χ4v) is 2.42. The topological polar surface area (TPSA) is 47.6 Å². The van der Waals surface area contributed by atoms with Crippen LogP contribution >= 0.6 is 0 Å². The predicted octanol–water partition coefficient (Wildman–Crippen LogP) is 0.330. The van der Waals surface area contributed by atoms with Gasteiger partial charge in [0, 0.05) is 44.8 Å². The minimum atomic E-state index is -0.00835. The highest BCUT2D eigenvalue weighted by molar-refractivity contribution is 5.74. The van der Waals surface area contributed by atoms with Crippen molar-refractivity contribution in [3.05, 3.63) is 0 Å². The monoisotopic (exact) mass is 254 g/mol. The molecular weight excluding hydrogens is 228 g/mol. The summed E-state index contributed by atoms with van der Waals surface area (Å²) in [6, 6.07) is 0.606. The van der Waals surface area contributed by atoms with Gasteiger partial charge in [-0.25, -0.2) is 4.79 Å². The molecular formula is C13H26N4O. The lowest BCUT2D eigenvalue weighted by Gasteiger charge is -2.34. The van der Waals surface area contributed by atoms with Gasteiger partial charge < -0.3 is 15.5 Å². The Morgan fingerprint density at radius 3 is 2.50 bits per heavy atom. The van der Waals surface area contributed by atoms with Crippen molar-refractivity contribution < 1.29 is 4.79 Å². The van der Waals surface area contributed by atoms with E-state index in [0.29, 0.717) is 12.0 Å². The summed E-state index contributed by atoms with van der Waals surface area (Å²) in [6.45, 7) is 9.64. The van der Waals surface area contributed by atoms with E-state index in [0.717, 1.165) is 39.1 Å². The second-order valence-electron chi connectivity index (χ2n) is 5.94. The van der Waals surface area contributed by atoms with Crippen molar-refractivity contribution in [2.75, 3.05) is 39.8 Å². The third kappa shape index (κ3) is 4.14. The molecule has 0 unspecified atom stereocenters. The van der Waals surface area contributed by atoms with E-state index in [9.17, 15) is 4.79 Å². The zero-order valence-corrected chi connectivity index (χ0v) is 11.8. The quantitative estimate of drug-likeness (QED) is 0.760. The average Bonchev–Trinajstić information content (AvgIpc) is 2.97. The number of amides is 2. The smallest absolute Gasteiger partial charge is 0.315 e. The Morgan fingerprint density at radius 2 is 1.94 bits per heavy atom. The highest BCUT2D eigenvalue weighted by Gasteiger charge is 2.34. The molecule has 104 valence electrons. The van der Waals surface area contributed by atoms with Gasteiger partial charge in [-0.3, -0.25) is 4.90 Å². The first-order chi connectivity index (χ1) is 8.54. The number of urea groups is 1. The normalized spacial score (nSPS) is 30.8.